The van der Waals surface area contributed by atoms with E-state index in [1.165, 1.54) is 0 Å². The van der Waals surface area contributed by atoms with Crippen LogP contribution < -0.4 is 0 Å². The van der Waals surface area contributed by atoms with E-state index in [2.05, 4.69) is 10.1 Å². The summed E-state index contributed by atoms with van der Waals surface area (Å²) in [4.78, 5) is 14.4. The molecule has 90 valence electrons. The van der Waals surface area contributed by atoms with Gasteiger partial charge in [0.05, 0.1) is 17.0 Å². The number of rotatable bonds is 3. The van der Waals surface area contributed by atoms with E-state index in [0.29, 0.717) is 5.69 Å². The smallest absolute Gasteiger partial charge is 0.337 e. The summed E-state index contributed by atoms with van der Waals surface area (Å²) in [7, 11) is 1.79. The van der Waals surface area contributed by atoms with E-state index in [4.69, 9.17) is 0 Å². The Hall–Kier alpha value is -2.04. The highest BCUT2D eigenvalue weighted by atomic mass is 16.4. The van der Waals surface area contributed by atoms with Crippen molar-refractivity contribution in [3.8, 4) is 11.4 Å². The number of aromatic amines is 1. The van der Waals surface area contributed by atoms with Crippen molar-refractivity contribution in [2.24, 2.45) is 7.05 Å². The number of carbonyl (C=O) groups is 1. The predicted molar refractivity (Wildman–Crippen MR) is 64.0 cm³/mol. The number of carboxylic acid groups (broad SMARTS) is 1. The van der Waals surface area contributed by atoms with Gasteiger partial charge in [0.1, 0.15) is 0 Å². The summed E-state index contributed by atoms with van der Waals surface area (Å²) in [5, 5.41) is 13.3. The molecule has 0 amide bonds. The molecule has 0 fully saturated rings. The normalized spacial score (nSPS) is 11.1. The summed E-state index contributed by atoms with van der Waals surface area (Å²) < 4.78 is 1.66. The molecule has 5 heteroatoms. The minimum Gasteiger partial charge on any atom is -0.478 e. The van der Waals surface area contributed by atoms with Crippen molar-refractivity contribution >= 4 is 5.97 Å². The van der Waals surface area contributed by atoms with Crippen LogP contribution >= 0.6 is 0 Å². The second-order valence-electron chi connectivity index (χ2n) is 4.31. The Bertz CT molecular complexity index is 552. The highest BCUT2D eigenvalue weighted by Crippen LogP contribution is 2.26. The van der Waals surface area contributed by atoms with Gasteiger partial charge in [0, 0.05) is 18.9 Å². The van der Waals surface area contributed by atoms with Crippen molar-refractivity contribution in [3.05, 3.63) is 29.6 Å². The van der Waals surface area contributed by atoms with Crippen LogP contribution in [0.5, 0.6) is 0 Å². The molecule has 0 aliphatic heterocycles. The molecule has 2 aromatic heterocycles. The van der Waals surface area contributed by atoms with E-state index in [1.807, 2.05) is 13.8 Å². The van der Waals surface area contributed by atoms with Gasteiger partial charge in [-0.15, -0.1) is 0 Å². The molecule has 2 N–H and O–H groups in total. The molecular weight excluding hydrogens is 218 g/mol. The lowest BCUT2D eigenvalue weighted by atomic mass is 10.1. The molecule has 0 saturated carbocycles. The Labute approximate surface area is 99.1 Å². The summed E-state index contributed by atoms with van der Waals surface area (Å²) in [6.45, 7) is 4.04. The molecule has 5 nitrogen and oxygen atoms in total. The maximum Gasteiger partial charge on any atom is 0.337 e. The molecule has 0 bridgehead atoms. The molecule has 2 aromatic rings. The molecule has 2 rings (SSSR count). The molecule has 0 aliphatic rings. The average Bonchev–Trinajstić information content (AvgIpc) is 2.82. The van der Waals surface area contributed by atoms with Crippen LogP contribution in [-0.2, 0) is 7.05 Å². The van der Waals surface area contributed by atoms with E-state index >= 15 is 0 Å². The standard InChI is InChI=1S/C12H15N3O2/c1-7(2)9-6-8(12(16)17)11(14-9)10-4-5-13-15(10)3/h4-7,14H,1-3H3,(H,16,17). The number of aromatic nitrogens is 3. The van der Waals surface area contributed by atoms with Crippen LogP contribution in [0.15, 0.2) is 18.3 Å². The summed E-state index contributed by atoms with van der Waals surface area (Å²) in [5.74, 6) is -0.667. The van der Waals surface area contributed by atoms with Gasteiger partial charge in [-0.2, -0.15) is 5.10 Å². The van der Waals surface area contributed by atoms with Gasteiger partial charge in [-0.25, -0.2) is 4.79 Å². The van der Waals surface area contributed by atoms with E-state index in [1.54, 1.807) is 30.1 Å². The third-order valence-electron chi connectivity index (χ3n) is 2.77. The molecule has 17 heavy (non-hydrogen) atoms. The third kappa shape index (κ3) is 1.95. The van der Waals surface area contributed by atoms with Crippen LogP contribution in [0.4, 0.5) is 0 Å². The van der Waals surface area contributed by atoms with Crippen molar-refractivity contribution in [2.75, 3.05) is 0 Å². The van der Waals surface area contributed by atoms with Crippen LogP contribution in [0.25, 0.3) is 11.4 Å². The third-order valence-corrected chi connectivity index (χ3v) is 2.77. The summed E-state index contributed by atoms with van der Waals surface area (Å²) in [6.07, 6.45) is 1.65. The van der Waals surface area contributed by atoms with Crippen molar-refractivity contribution in [1.82, 2.24) is 14.8 Å². The van der Waals surface area contributed by atoms with Gasteiger partial charge in [-0.3, -0.25) is 4.68 Å². The van der Waals surface area contributed by atoms with Crippen LogP contribution in [0.2, 0.25) is 0 Å². The Morgan fingerprint density at radius 2 is 2.24 bits per heavy atom. The number of aryl methyl sites for hydroxylation is 1. The molecule has 0 radical (unpaired) electrons. The molecule has 0 spiro atoms. The maximum atomic E-state index is 11.2. The number of aromatic carboxylic acids is 1. The summed E-state index contributed by atoms with van der Waals surface area (Å²) in [5.41, 5.74) is 2.59. The topological polar surface area (TPSA) is 70.9 Å². The zero-order valence-electron chi connectivity index (χ0n) is 10.1. The monoisotopic (exact) mass is 233 g/mol. The molecule has 2 heterocycles. The zero-order valence-corrected chi connectivity index (χ0v) is 10.1. The number of nitrogens with zero attached hydrogens (tertiary/aromatic N) is 2. The fraction of sp³-hybridized carbons (Fsp3) is 0.333. The first kappa shape index (κ1) is 11.4. The number of nitrogens with one attached hydrogen (secondary N) is 1. The first-order chi connectivity index (χ1) is 8.00. The minimum atomic E-state index is -0.927. The maximum absolute atomic E-state index is 11.2. The number of hydrogen-bond acceptors (Lipinski definition) is 2. The summed E-state index contributed by atoms with van der Waals surface area (Å²) >= 11 is 0. The molecule has 0 aliphatic carbocycles. The van der Waals surface area contributed by atoms with Crippen LogP contribution in [0, 0.1) is 0 Å². The summed E-state index contributed by atoms with van der Waals surface area (Å²) in [6, 6.07) is 3.48. The van der Waals surface area contributed by atoms with E-state index < -0.39 is 5.97 Å². The Morgan fingerprint density at radius 1 is 1.53 bits per heavy atom. The van der Waals surface area contributed by atoms with E-state index in [-0.39, 0.29) is 11.5 Å². The first-order valence-electron chi connectivity index (χ1n) is 5.45. The zero-order chi connectivity index (χ0) is 12.6. The number of hydrogen-bond donors (Lipinski definition) is 2. The highest BCUT2D eigenvalue weighted by Gasteiger charge is 2.19. The Morgan fingerprint density at radius 3 is 2.71 bits per heavy atom. The van der Waals surface area contributed by atoms with Gasteiger partial charge in [0.15, 0.2) is 0 Å². The first-order valence-corrected chi connectivity index (χ1v) is 5.45. The Kier molecular flexibility index (Phi) is 2.75. The minimum absolute atomic E-state index is 0.259. The van der Waals surface area contributed by atoms with Crippen LogP contribution in [0.1, 0.15) is 35.8 Å². The highest BCUT2D eigenvalue weighted by molar-refractivity contribution is 5.95. The number of carboxylic acids is 1. The molecule has 0 atom stereocenters. The Balaban J connectivity index is 2.60. The quantitative estimate of drug-likeness (QED) is 0.854. The van der Waals surface area contributed by atoms with Crippen LogP contribution in [0.3, 0.4) is 0 Å². The van der Waals surface area contributed by atoms with E-state index in [0.717, 1.165) is 11.4 Å². The second-order valence-corrected chi connectivity index (χ2v) is 4.31. The number of H-pyrrole nitrogens is 1. The van der Waals surface area contributed by atoms with Gasteiger partial charge < -0.3 is 10.1 Å². The van der Waals surface area contributed by atoms with Crippen molar-refractivity contribution in [2.45, 2.75) is 19.8 Å². The molecule has 0 aromatic carbocycles. The fourth-order valence-corrected chi connectivity index (χ4v) is 1.78. The molecular formula is C12H15N3O2. The van der Waals surface area contributed by atoms with Gasteiger partial charge in [-0.1, -0.05) is 13.8 Å². The van der Waals surface area contributed by atoms with Gasteiger partial charge in [0.25, 0.3) is 0 Å². The molecule has 0 unspecified atom stereocenters. The van der Waals surface area contributed by atoms with Crippen LogP contribution in [-0.4, -0.2) is 25.8 Å². The second kappa shape index (κ2) is 4.08. The molecule has 0 saturated heterocycles. The lowest BCUT2D eigenvalue weighted by Crippen LogP contribution is -2.00. The lowest BCUT2D eigenvalue weighted by Gasteiger charge is -2.02. The van der Waals surface area contributed by atoms with Crippen molar-refractivity contribution in [3.63, 3.8) is 0 Å². The fourth-order valence-electron chi connectivity index (χ4n) is 1.78. The lowest BCUT2D eigenvalue weighted by molar-refractivity contribution is 0.0698. The van der Waals surface area contributed by atoms with Crippen molar-refractivity contribution < 1.29 is 9.90 Å². The van der Waals surface area contributed by atoms with Gasteiger partial charge in [0.2, 0.25) is 0 Å². The van der Waals surface area contributed by atoms with Gasteiger partial charge >= 0.3 is 5.97 Å². The van der Waals surface area contributed by atoms with Gasteiger partial charge in [-0.05, 0) is 18.1 Å². The van der Waals surface area contributed by atoms with E-state index in [9.17, 15) is 9.90 Å². The largest absolute Gasteiger partial charge is 0.478 e. The predicted octanol–water partition coefficient (Wildman–Crippen LogP) is 2.24. The SMILES string of the molecule is CC(C)c1cc(C(=O)O)c(-c2ccnn2C)[nH]1. The average molecular weight is 233 g/mol. The van der Waals surface area contributed by atoms with Crippen molar-refractivity contribution in [1.29, 1.82) is 0 Å².